The van der Waals surface area contributed by atoms with Crippen molar-refractivity contribution in [2.24, 2.45) is 0 Å². The molecule has 0 aliphatic heterocycles. The standard InChI is InChI=1S/C23H14I2N2O2S/c24-16-8-5-14(6-9-16)13-29-20-10-7-15(11-17(20)25)12-21-22(28)27-19-4-2-1-3-18(19)26-23(27)30-21/h1-12H,13H2/b21-12-. The maximum absolute atomic E-state index is 12.9. The second-order valence-electron chi connectivity index (χ2n) is 6.74. The van der Waals surface area contributed by atoms with Crippen molar-refractivity contribution in [1.82, 2.24) is 9.38 Å². The van der Waals surface area contributed by atoms with Crippen molar-refractivity contribution in [2.45, 2.75) is 6.61 Å². The van der Waals surface area contributed by atoms with Gasteiger partial charge in [-0.1, -0.05) is 41.7 Å². The van der Waals surface area contributed by atoms with E-state index in [0.29, 0.717) is 11.1 Å². The monoisotopic (exact) mass is 636 g/mol. The van der Waals surface area contributed by atoms with E-state index in [2.05, 4.69) is 74.4 Å². The predicted molar refractivity (Wildman–Crippen MR) is 138 cm³/mol. The molecule has 0 atom stereocenters. The minimum Gasteiger partial charge on any atom is -0.488 e. The Kier molecular flexibility index (Phi) is 5.50. The lowest BCUT2D eigenvalue weighted by Gasteiger charge is -2.09. The number of thiazole rings is 1. The molecule has 4 nitrogen and oxygen atoms in total. The Morgan fingerprint density at radius 2 is 1.83 bits per heavy atom. The van der Waals surface area contributed by atoms with Gasteiger partial charge < -0.3 is 4.74 Å². The van der Waals surface area contributed by atoms with Gasteiger partial charge in [-0.3, -0.25) is 4.79 Å². The topological polar surface area (TPSA) is 43.6 Å². The van der Waals surface area contributed by atoms with Gasteiger partial charge >= 0.3 is 0 Å². The zero-order valence-corrected chi connectivity index (χ0v) is 20.6. The Hall–Kier alpha value is -1.98. The molecule has 5 rings (SSSR count). The summed E-state index contributed by atoms with van der Waals surface area (Å²) in [5.41, 5.74) is 3.76. The van der Waals surface area contributed by atoms with E-state index in [1.54, 1.807) is 4.40 Å². The molecule has 0 unspecified atom stereocenters. The number of benzene rings is 3. The van der Waals surface area contributed by atoms with E-state index < -0.39 is 0 Å². The number of ether oxygens (including phenoxy) is 1. The first-order valence-corrected chi connectivity index (χ1v) is 12.1. The third-order valence-corrected chi connectivity index (χ3v) is 7.24. The molecule has 0 aliphatic rings. The fourth-order valence-electron chi connectivity index (χ4n) is 3.23. The Bertz CT molecular complexity index is 1490. The van der Waals surface area contributed by atoms with E-state index in [9.17, 15) is 4.79 Å². The highest BCUT2D eigenvalue weighted by Crippen LogP contribution is 2.24. The zero-order chi connectivity index (χ0) is 20.7. The Morgan fingerprint density at radius 1 is 1.03 bits per heavy atom. The van der Waals surface area contributed by atoms with Gasteiger partial charge in [-0.05, 0) is 98.8 Å². The Balaban J connectivity index is 1.44. The van der Waals surface area contributed by atoms with E-state index in [0.717, 1.165) is 36.4 Å². The predicted octanol–water partition coefficient (Wildman–Crippen LogP) is 5.25. The lowest BCUT2D eigenvalue weighted by molar-refractivity contribution is 0.304. The summed E-state index contributed by atoms with van der Waals surface area (Å²) in [7, 11) is 0. The van der Waals surface area contributed by atoms with Crippen molar-refractivity contribution in [3.05, 3.63) is 99.9 Å². The van der Waals surface area contributed by atoms with Crippen molar-refractivity contribution in [3.63, 3.8) is 0 Å². The normalized spacial score (nSPS) is 12.1. The van der Waals surface area contributed by atoms with E-state index in [1.807, 2.05) is 48.5 Å². The van der Waals surface area contributed by atoms with Crippen molar-refractivity contribution in [2.75, 3.05) is 0 Å². The average molecular weight is 636 g/mol. The number of aromatic nitrogens is 2. The van der Waals surface area contributed by atoms with Crippen molar-refractivity contribution >= 4 is 78.6 Å². The van der Waals surface area contributed by atoms with Crippen LogP contribution in [0.3, 0.4) is 0 Å². The molecule has 148 valence electrons. The summed E-state index contributed by atoms with van der Waals surface area (Å²) in [4.78, 5) is 18.2. The van der Waals surface area contributed by atoms with Gasteiger partial charge in [0.2, 0.25) is 0 Å². The third kappa shape index (κ3) is 3.85. The molecule has 5 aromatic rings. The van der Waals surface area contributed by atoms with Crippen LogP contribution >= 0.6 is 56.5 Å². The van der Waals surface area contributed by atoms with Crippen LogP contribution in [0.1, 0.15) is 11.1 Å². The first kappa shape index (κ1) is 20.0. The number of imidazole rings is 1. The summed E-state index contributed by atoms with van der Waals surface area (Å²) < 4.78 is 10.6. The molecular weight excluding hydrogens is 622 g/mol. The molecule has 7 heteroatoms. The maximum atomic E-state index is 12.9. The van der Waals surface area contributed by atoms with Gasteiger partial charge in [0.15, 0.2) is 4.96 Å². The number of para-hydroxylation sites is 2. The molecule has 0 fully saturated rings. The van der Waals surface area contributed by atoms with Gasteiger partial charge in [0.1, 0.15) is 12.4 Å². The summed E-state index contributed by atoms with van der Waals surface area (Å²) in [6.07, 6.45) is 1.92. The molecule has 30 heavy (non-hydrogen) atoms. The minimum atomic E-state index is -0.0299. The number of fused-ring (bicyclic) bond motifs is 3. The van der Waals surface area contributed by atoms with Crippen LogP contribution in [-0.2, 0) is 6.61 Å². The van der Waals surface area contributed by atoms with Gasteiger partial charge in [-0.2, -0.15) is 0 Å². The van der Waals surface area contributed by atoms with Gasteiger partial charge in [-0.15, -0.1) is 0 Å². The minimum absolute atomic E-state index is 0.0299. The van der Waals surface area contributed by atoms with Crippen LogP contribution in [0.4, 0.5) is 0 Å². The van der Waals surface area contributed by atoms with Crippen LogP contribution < -0.4 is 14.8 Å². The van der Waals surface area contributed by atoms with Crippen LogP contribution in [0.2, 0.25) is 0 Å². The smallest absolute Gasteiger partial charge is 0.274 e. The number of halogens is 2. The van der Waals surface area contributed by atoms with Crippen LogP contribution in [0.25, 0.3) is 22.1 Å². The number of rotatable bonds is 4. The van der Waals surface area contributed by atoms with E-state index >= 15 is 0 Å². The molecule has 2 heterocycles. The highest BCUT2D eigenvalue weighted by Gasteiger charge is 2.11. The third-order valence-electron chi connectivity index (χ3n) is 4.71. The molecule has 3 aromatic carbocycles. The summed E-state index contributed by atoms with van der Waals surface area (Å²) >= 11 is 5.98. The van der Waals surface area contributed by atoms with E-state index in [-0.39, 0.29) is 5.56 Å². The maximum Gasteiger partial charge on any atom is 0.274 e. The molecule has 0 amide bonds. The second kappa shape index (κ2) is 8.27. The van der Waals surface area contributed by atoms with Gasteiger partial charge in [0.25, 0.3) is 5.56 Å². The summed E-state index contributed by atoms with van der Waals surface area (Å²) in [6, 6.07) is 22.0. The summed E-state index contributed by atoms with van der Waals surface area (Å²) in [6.45, 7) is 0.524. The highest BCUT2D eigenvalue weighted by atomic mass is 127. The molecule has 2 aromatic heterocycles. The summed E-state index contributed by atoms with van der Waals surface area (Å²) in [5, 5.41) is 0. The average Bonchev–Trinajstić information content (AvgIpc) is 3.25. The molecule has 0 radical (unpaired) electrons. The van der Waals surface area contributed by atoms with E-state index in [4.69, 9.17) is 4.74 Å². The molecule has 0 bridgehead atoms. The first-order valence-electron chi connectivity index (χ1n) is 9.17. The molecule has 0 aliphatic carbocycles. The molecule has 0 saturated heterocycles. The van der Waals surface area contributed by atoms with Crippen molar-refractivity contribution in [1.29, 1.82) is 0 Å². The fourth-order valence-corrected chi connectivity index (χ4v) is 5.27. The molecular formula is C23H14I2N2O2S. The fraction of sp³-hybridized carbons (Fsp3) is 0.0435. The number of hydrogen-bond acceptors (Lipinski definition) is 4. The van der Waals surface area contributed by atoms with Crippen LogP contribution in [0.15, 0.2) is 71.5 Å². The molecule has 0 spiro atoms. The lowest BCUT2D eigenvalue weighted by Crippen LogP contribution is -2.22. The Morgan fingerprint density at radius 3 is 2.63 bits per heavy atom. The van der Waals surface area contributed by atoms with Crippen molar-refractivity contribution in [3.8, 4) is 5.75 Å². The first-order chi connectivity index (χ1) is 14.6. The molecule has 0 N–H and O–H groups in total. The van der Waals surface area contributed by atoms with Crippen LogP contribution in [0.5, 0.6) is 5.75 Å². The molecule has 0 saturated carbocycles. The second-order valence-corrected chi connectivity index (χ2v) is 10.2. The van der Waals surface area contributed by atoms with E-state index in [1.165, 1.54) is 14.9 Å². The lowest BCUT2D eigenvalue weighted by atomic mass is 10.2. The highest BCUT2D eigenvalue weighted by molar-refractivity contribution is 14.1. The summed E-state index contributed by atoms with van der Waals surface area (Å²) in [5.74, 6) is 0.834. The largest absolute Gasteiger partial charge is 0.488 e. The van der Waals surface area contributed by atoms with Gasteiger partial charge in [0.05, 0.1) is 19.1 Å². The van der Waals surface area contributed by atoms with Gasteiger partial charge in [-0.25, -0.2) is 9.38 Å². The van der Waals surface area contributed by atoms with Crippen molar-refractivity contribution < 1.29 is 4.74 Å². The van der Waals surface area contributed by atoms with Gasteiger partial charge in [0, 0.05) is 3.57 Å². The quantitative estimate of drug-likeness (QED) is 0.254. The number of hydrogen-bond donors (Lipinski definition) is 0. The Labute approximate surface area is 203 Å². The number of nitrogens with zero attached hydrogens (tertiary/aromatic N) is 2. The zero-order valence-electron chi connectivity index (χ0n) is 15.5. The van der Waals surface area contributed by atoms with Crippen LogP contribution in [0, 0.1) is 7.14 Å². The SMILES string of the molecule is O=c1/c(=C/c2ccc(OCc3ccc(I)cc3)c(I)c2)sc2nc3ccccc3n12. The van der Waals surface area contributed by atoms with Crippen LogP contribution in [-0.4, -0.2) is 9.38 Å².